The zero-order chi connectivity index (χ0) is 21.5. The van der Waals surface area contributed by atoms with E-state index in [0.29, 0.717) is 22.2 Å². The highest BCUT2D eigenvalue weighted by Crippen LogP contribution is 2.44. The van der Waals surface area contributed by atoms with Gasteiger partial charge < -0.3 is 10.4 Å². The van der Waals surface area contributed by atoms with E-state index >= 15 is 0 Å². The van der Waals surface area contributed by atoms with Crippen LogP contribution in [0.25, 0.3) is 10.9 Å². The molecule has 0 amide bonds. The van der Waals surface area contributed by atoms with Gasteiger partial charge in [0.25, 0.3) is 0 Å². The molecule has 0 atom stereocenters. The van der Waals surface area contributed by atoms with Crippen molar-refractivity contribution in [3.05, 3.63) is 65.4 Å². The minimum Gasteiger partial charge on any atom is -0.478 e. The third-order valence-corrected chi connectivity index (χ3v) is 5.49. The second kappa shape index (κ2) is 7.59. The number of carboxylic acids is 1. The van der Waals surface area contributed by atoms with Crippen LogP contribution in [0.5, 0.6) is 0 Å². The zero-order valence-electron chi connectivity index (χ0n) is 15.8. The largest absolute Gasteiger partial charge is 0.478 e. The number of fused-ring (bicyclic) bond motifs is 1. The van der Waals surface area contributed by atoms with Crippen LogP contribution < -0.4 is 5.32 Å². The van der Waals surface area contributed by atoms with Gasteiger partial charge in [-0.2, -0.15) is 0 Å². The number of hydrogen-bond acceptors (Lipinski definition) is 3. The molecule has 1 fully saturated rings. The molecule has 2 N–H and O–H groups in total. The topological polar surface area (TPSA) is 62.2 Å². The maximum atomic E-state index is 14.0. The van der Waals surface area contributed by atoms with E-state index < -0.39 is 23.5 Å². The van der Waals surface area contributed by atoms with Gasteiger partial charge in [0.05, 0.1) is 22.5 Å². The van der Waals surface area contributed by atoms with Gasteiger partial charge in [-0.25, -0.2) is 22.4 Å². The molecule has 0 saturated heterocycles. The summed E-state index contributed by atoms with van der Waals surface area (Å²) in [5.74, 6) is -5.52. The van der Waals surface area contributed by atoms with Crippen LogP contribution in [0.3, 0.4) is 0 Å². The van der Waals surface area contributed by atoms with E-state index in [4.69, 9.17) is 0 Å². The Bertz CT molecular complexity index is 1120. The summed E-state index contributed by atoms with van der Waals surface area (Å²) in [6.45, 7) is 0. The number of nitrogens with one attached hydrogen (secondary N) is 1. The molecule has 0 bridgehead atoms. The van der Waals surface area contributed by atoms with E-state index in [1.165, 1.54) is 24.3 Å². The number of carboxylic acid groups (broad SMARTS) is 1. The maximum absolute atomic E-state index is 14.0. The van der Waals surface area contributed by atoms with E-state index in [-0.39, 0.29) is 42.9 Å². The second-order valence-corrected chi connectivity index (χ2v) is 7.50. The van der Waals surface area contributed by atoms with Gasteiger partial charge in [0.15, 0.2) is 0 Å². The number of pyridine rings is 1. The van der Waals surface area contributed by atoms with Crippen molar-refractivity contribution < 1.29 is 27.5 Å². The molecule has 1 aliphatic rings. The van der Waals surface area contributed by atoms with Gasteiger partial charge in [-0.15, -0.1) is 0 Å². The van der Waals surface area contributed by atoms with Gasteiger partial charge in [0.1, 0.15) is 11.6 Å². The number of hydrogen-bond donors (Lipinski definition) is 2. The molecule has 1 heterocycles. The van der Waals surface area contributed by atoms with Crippen LogP contribution in [0.2, 0.25) is 0 Å². The molecule has 1 aliphatic carbocycles. The molecule has 0 radical (unpaired) electrons. The number of rotatable bonds is 4. The molecule has 0 unspecified atom stereocenters. The van der Waals surface area contributed by atoms with Crippen LogP contribution >= 0.6 is 0 Å². The highest BCUT2D eigenvalue weighted by atomic mass is 19.3. The van der Waals surface area contributed by atoms with E-state index in [9.17, 15) is 27.5 Å². The molecule has 8 heteroatoms. The van der Waals surface area contributed by atoms with E-state index in [0.717, 1.165) is 12.1 Å². The number of carbonyl (C=O) groups is 1. The van der Waals surface area contributed by atoms with E-state index in [1.54, 1.807) is 6.20 Å². The van der Waals surface area contributed by atoms with Crippen LogP contribution in [-0.2, 0) is 0 Å². The zero-order valence-corrected chi connectivity index (χ0v) is 15.8. The second-order valence-electron chi connectivity index (χ2n) is 7.50. The fraction of sp³-hybridized carbons (Fsp3) is 0.273. The third kappa shape index (κ3) is 3.94. The van der Waals surface area contributed by atoms with Crippen molar-refractivity contribution in [1.29, 1.82) is 0 Å². The summed E-state index contributed by atoms with van der Waals surface area (Å²) in [6, 6.07) is 7.27. The van der Waals surface area contributed by atoms with Crippen molar-refractivity contribution in [1.82, 2.24) is 4.98 Å². The number of alkyl halides is 2. The van der Waals surface area contributed by atoms with Crippen molar-refractivity contribution in [2.24, 2.45) is 0 Å². The molecular weight excluding hydrogens is 400 g/mol. The summed E-state index contributed by atoms with van der Waals surface area (Å²) in [5, 5.41) is 12.8. The molecule has 3 aromatic rings. The Morgan fingerprint density at radius 1 is 1.07 bits per heavy atom. The molecule has 4 rings (SSSR count). The predicted octanol–water partition coefficient (Wildman–Crippen LogP) is 6.25. The minimum atomic E-state index is -2.71. The fourth-order valence-corrected chi connectivity index (χ4v) is 3.92. The summed E-state index contributed by atoms with van der Waals surface area (Å²) in [7, 11) is 0. The van der Waals surface area contributed by atoms with Crippen LogP contribution in [0.1, 0.15) is 47.5 Å². The van der Waals surface area contributed by atoms with Crippen molar-refractivity contribution in [2.45, 2.75) is 37.5 Å². The van der Waals surface area contributed by atoms with Crippen molar-refractivity contribution in [3.63, 3.8) is 0 Å². The van der Waals surface area contributed by atoms with Gasteiger partial charge in [0, 0.05) is 24.4 Å². The number of halogens is 4. The predicted molar refractivity (Wildman–Crippen MR) is 104 cm³/mol. The number of anilines is 2. The Balaban J connectivity index is 1.85. The Kier molecular flexibility index (Phi) is 5.09. The molecular formula is C22H18F4N2O2. The molecule has 0 spiro atoms. The van der Waals surface area contributed by atoms with Crippen LogP contribution in [-0.4, -0.2) is 22.0 Å². The summed E-state index contributed by atoms with van der Waals surface area (Å²) in [6.07, 6.45) is 1.46. The van der Waals surface area contributed by atoms with E-state index in [2.05, 4.69) is 10.3 Å². The van der Waals surface area contributed by atoms with Gasteiger partial charge in [-0.1, -0.05) is 0 Å². The summed E-state index contributed by atoms with van der Waals surface area (Å²) >= 11 is 0. The number of aromatic nitrogens is 1. The summed E-state index contributed by atoms with van der Waals surface area (Å²) in [5.41, 5.74) is 1.27. The van der Waals surface area contributed by atoms with Crippen molar-refractivity contribution in [3.8, 4) is 0 Å². The van der Waals surface area contributed by atoms with Crippen LogP contribution in [0.4, 0.5) is 28.9 Å². The first-order chi connectivity index (χ1) is 14.2. The van der Waals surface area contributed by atoms with Gasteiger partial charge in [0.2, 0.25) is 5.92 Å². The molecule has 0 aliphatic heterocycles. The standard InChI is InChI=1S/C22H18F4N2O2/c23-13-1-3-18-15(9-13)20(28-19-4-2-14(24)10-16(19)21(29)30)17(11-27-18)12-5-7-22(25,26)8-6-12/h1-4,9-12H,5-8H2,(H,27,28)(H,29,30). The lowest BCUT2D eigenvalue weighted by atomic mass is 9.81. The molecule has 156 valence electrons. The summed E-state index contributed by atoms with van der Waals surface area (Å²) < 4.78 is 54.9. The van der Waals surface area contributed by atoms with Gasteiger partial charge in [-0.05, 0) is 60.7 Å². The number of benzene rings is 2. The lowest BCUT2D eigenvalue weighted by molar-refractivity contribution is -0.0381. The van der Waals surface area contributed by atoms with Gasteiger partial charge >= 0.3 is 5.97 Å². The normalized spacial score (nSPS) is 16.5. The molecule has 30 heavy (non-hydrogen) atoms. The molecule has 1 saturated carbocycles. The van der Waals surface area contributed by atoms with Crippen molar-refractivity contribution >= 4 is 28.2 Å². The maximum Gasteiger partial charge on any atom is 0.337 e. The van der Waals surface area contributed by atoms with Crippen LogP contribution in [0, 0.1) is 11.6 Å². The molecule has 1 aromatic heterocycles. The van der Waals surface area contributed by atoms with Crippen molar-refractivity contribution in [2.75, 3.05) is 5.32 Å². The number of nitrogens with zero attached hydrogens (tertiary/aromatic N) is 1. The first-order valence-corrected chi connectivity index (χ1v) is 9.49. The quantitative estimate of drug-likeness (QED) is 0.492. The fourth-order valence-electron chi connectivity index (χ4n) is 3.92. The smallest absolute Gasteiger partial charge is 0.337 e. The molecule has 4 nitrogen and oxygen atoms in total. The van der Waals surface area contributed by atoms with E-state index in [1.807, 2.05) is 0 Å². The summed E-state index contributed by atoms with van der Waals surface area (Å²) in [4.78, 5) is 15.9. The Labute approximate surface area is 169 Å². The average Bonchev–Trinajstić information content (AvgIpc) is 2.69. The lowest BCUT2D eigenvalue weighted by Gasteiger charge is -2.30. The third-order valence-electron chi connectivity index (χ3n) is 5.49. The first-order valence-electron chi connectivity index (χ1n) is 9.49. The minimum absolute atomic E-state index is 0.114. The monoisotopic (exact) mass is 418 g/mol. The SMILES string of the molecule is O=C(O)c1cc(F)ccc1Nc1c(C2CCC(F)(F)CC2)cnc2ccc(F)cc12. The molecule has 2 aromatic carbocycles. The Hall–Kier alpha value is -3.16. The first kappa shape index (κ1) is 20.1. The Morgan fingerprint density at radius 2 is 1.73 bits per heavy atom. The lowest BCUT2D eigenvalue weighted by Crippen LogP contribution is -2.24. The highest BCUT2D eigenvalue weighted by molar-refractivity contribution is 5.99. The highest BCUT2D eigenvalue weighted by Gasteiger charge is 2.36. The van der Waals surface area contributed by atoms with Crippen LogP contribution in [0.15, 0.2) is 42.6 Å². The number of aromatic carboxylic acids is 1. The Morgan fingerprint density at radius 3 is 2.43 bits per heavy atom. The van der Waals surface area contributed by atoms with Gasteiger partial charge in [-0.3, -0.25) is 4.98 Å². The average molecular weight is 418 g/mol.